The van der Waals surface area contributed by atoms with E-state index in [-0.39, 0.29) is 0 Å². The predicted octanol–water partition coefficient (Wildman–Crippen LogP) is 14.9. The SMILES string of the molecule is c1cnc2c(c1)ccc1ccc(-c3ccc(-c4nc(-c5ccc(-c6cccc7c6oc6ccccc67)cc5)cc(-c5ccc(-n6c7ccccc7c7ccccc76)cc5)n4)cc3)nc12. The molecule has 64 heavy (non-hydrogen) atoms. The number of fused-ring (bicyclic) bond motifs is 9. The molecule has 0 spiro atoms. The van der Waals surface area contributed by atoms with Crippen LogP contribution in [0.4, 0.5) is 0 Å². The third kappa shape index (κ3) is 5.88. The standard InChI is InChI=1S/C58H35N5O/c1-4-15-52-45(10-1)46-11-2-5-16-53(46)63(52)43-31-28-39(29-32-43)51-35-50(38-20-18-36(19-21-38)44-13-7-14-48-47-12-3-6-17-54(47)64-57(44)48)61-58(62-51)42-26-22-37(23-27-42)49-33-30-41-25-24-40-9-8-34-59-55(40)56(41)60-49/h1-35H. The van der Waals surface area contributed by atoms with Crippen LogP contribution in [0.3, 0.4) is 0 Å². The molecule has 6 nitrogen and oxygen atoms in total. The Morgan fingerprint density at radius 1 is 0.375 bits per heavy atom. The van der Waals surface area contributed by atoms with Crippen LogP contribution >= 0.6 is 0 Å². The molecule has 0 saturated heterocycles. The molecule has 8 aromatic carbocycles. The number of rotatable bonds is 6. The second-order valence-corrected chi connectivity index (χ2v) is 16.2. The molecule has 0 aliphatic rings. The molecule has 0 aliphatic heterocycles. The lowest BCUT2D eigenvalue weighted by molar-refractivity contribution is 0.670. The van der Waals surface area contributed by atoms with Crippen molar-refractivity contribution in [3.8, 4) is 62.0 Å². The summed E-state index contributed by atoms with van der Waals surface area (Å²) in [5.74, 6) is 0.642. The van der Waals surface area contributed by atoms with Crippen molar-refractivity contribution in [1.29, 1.82) is 0 Å². The molecule has 0 unspecified atom stereocenters. The van der Waals surface area contributed by atoms with Gasteiger partial charge in [0.1, 0.15) is 11.2 Å². The van der Waals surface area contributed by atoms with Crippen LogP contribution in [0.1, 0.15) is 0 Å². The zero-order chi connectivity index (χ0) is 42.1. The van der Waals surface area contributed by atoms with E-state index in [2.05, 4.69) is 198 Å². The topological polar surface area (TPSA) is 69.6 Å². The van der Waals surface area contributed by atoms with Gasteiger partial charge in [-0.3, -0.25) is 4.98 Å². The van der Waals surface area contributed by atoms with Gasteiger partial charge in [0.05, 0.1) is 39.1 Å². The molecule has 0 bridgehead atoms. The van der Waals surface area contributed by atoms with Crippen molar-refractivity contribution in [1.82, 2.24) is 24.5 Å². The first kappa shape index (κ1) is 36.0. The number of nitrogens with zero attached hydrogens (tertiary/aromatic N) is 5. The van der Waals surface area contributed by atoms with Crippen LogP contribution < -0.4 is 0 Å². The van der Waals surface area contributed by atoms with Gasteiger partial charge in [0.15, 0.2) is 5.82 Å². The molecule has 0 aliphatic carbocycles. The minimum atomic E-state index is 0.642. The van der Waals surface area contributed by atoms with Crippen molar-refractivity contribution in [2.24, 2.45) is 0 Å². The summed E-state index contributed by atoms with van der Waals surface area (Å²) in [7, 11) is 0. The zero-order valence-electron chi connectivity index (χ0n) is 34.4. The molecule has 0 fully saturated rings. The maximum atomic E-state index is 6.40. The zero-order valence-corrected chi connectivity index (χ0v) is 34.4. The fourth-order valence-electron chi connectivity index (χ4n) is 9.32. The molecule has 13 rings (SSSR count). The normalized spacial score (nSPS) is 11.8. The van der Waals surface area contributed by atoms with E-state index in [0.717, 1.165) is 99.9 Å². The van der Waals surface area contributed by atoms with Crippen molar-refractivity contribution in [3.63, 3.8) is 0 Å². The van der Waals surface area contributed by atoms with Crippen LogP contribution in [-0.2, 0) is 0 Å². The van der Waals surface area contributed by atoms with Crippen LogP contribution in [0.15, 0.2) is 217 Å². The number of hydrogen-bond donors (Lipinski definition) is 0. The summed E-state index contributed by atoms with van der Waals surface area (Å²) in [5.41, 5.74) is 15.6. The summed E-state index contributed by atoms with van der Waals surface area (Å²) in [4.78, 5) is 20.2. The Balaban J connectivity index is 0.904. The number of aromatic nitrogens is 5. The molecule has 0 amide bonds. The second kappa shape index (κ2) is 14.4. The molecule has 5 aromatic heterocycles. The number of pyridine rings is 2. The summed E-state index contributed by atoms with van der Waals surface area (Å²) < 4.78 is 8.74. The summed E-state index contributed by atoms with van der Waals surface area (Å²) in [6.07, 6.45) is 1.82. The molecule has 298 valence electrons. The highest BCUT2D eigenvalue weighted by Crippen LogP contribution is 2.38. The monoisotopic (exact) mass is 817 g/mol. The molecular weight excluding hydrogens is 783 g/mol. The van der Waals surface area contributed by atoms with Gasteiger partial charge >= 0.3 is 0 Å². The van der Waals surface area contributed by atoms with E-state index in [1.165, 1.54) is 21.8 Å². The van der Waals surface area contributed by atoms with Gasteiger partial charge in [0, 0.05) is 72.0 Å². The second-order valence-electron chi connectivity index (χ2n) is 16.2. The molecule has 0 atom stereocenters. The Bertz CT molecular complexity index is 3890. The maximum absolute atomic E-state index is 6.40. The van der Waals surface area contributed by atoms with Gasteiger partial charge in [-0.05, 0) is 54.1 Å². The largest absolute Gasteiger partial charge is 0.455 e. The molecular formula is C58H35N5O. The molecule has 6 heteroatoms. The van der Waals surface area contributed by atoms with E-state index < -0.39 is 0 Å². The van der Waals surface area contributed by atoms with E-state index in [1.807, 2.05) is 24.4 Å². The molecule has 0 N–H and O–H groups in total. The van der Waals surface area contributed by atoms with Crippen LogP contribution in [0.25, 0.3) is 128 Å². The highest BCUT2D eigenvalue weighted by molar-refractivity contribution is 6.10. The fraction of sp³-hybridized carbons (Fsp3) is 0. The van der Waals surface area contributed by atoms with Gasteiger partial charge in [-0.2, -0.15) is 0 Å². The van der Waals surface area contributed by atoms with Crippen molar-refractivity contribution >= 4 is 65.6 Å². The molecule has 5 heterocycles. The lowest BCUT2D eigenvalue weighted by Crippen LogP contribution is -1.97. The van der Waals surface area contributed by atoms with Crippen LogP contribution in [0.2, 0.25) is 0 Å². The van der Waals surface area contributed by atoms with Gasteiger partial charge in [0.2, 0.25) is 0 Å². The quantitative estimate of drug-likeness (QED) is 0.156. The van der Waals surface area contributed by atoms with Crippen molar-refractivity contribution < 1.29 is 4.42 Å². The predicted molar refractivity (Wildman–Crippen MR) is 261 cm³/mol. The summed E-state index contributed by atoms with van der Waals surface area (Å²) in [5, 5.41) is 6.84. The van der Waals surface area contributed by atoms with Gasteiger partial charge in [0.25, 0.3) is 0 Å². The van der Waals surface area contributed by atoms with E-state index in [0.29, 0.717) is 5.82 Å². The van der Waals surface area contributed by atoms with Crippen LogP contribution in [0.5, 0.6) is 0 Å². The number of hydrogen-bond acceptors (Lipinski definition) is 5. The highest BCUT2D eigenvalue weighted by Gasteiger charge is 2.16. The Morgan fingerprint density at radius 2 is 0.938 bits per heavy atom. The smallest absolute Gasteiger partial charge is 0.160 e. The van der Waals surface area contributed by atoms with Gasteiger partial charge in [-0.15, -0.1) is 0 Å². The molecule has 0 radical (unpaired) electrons. The first-order valence-electron chi connectivity index (χ1n) is 21.4. The maximum Gasteiger partial charge on any atom is 0.160 e. The lowest BCUT2D eigenvalue weighted by Gasteiger charge is -2.12. The van der Waals surface area contributed by atoms with E-state index in [9.17, 15) is 0 Å². The van der Waals surface area contributed by atoms with Crippen LogP contribution in [-0.4, -0.2) is 24.5 Å². The Kier molecular flexibility index (Phi) is 8.11. The highest BCUT2D eigenvalue weighted by atomic mass is 16.3. The number of benzene rings is 8. The van der Waals surface area contributed by atoms with E-state index in [1.54, 1.807) is 0 Å². The summed E-state index contributed by atoms with van der Waals surface area (Å²) >= 11 is 0. The van der Waals surface area contributed by atoms with Crippen molar-refractivity contribution in [2.45, 2.75) is 0 Å². The molecule has 0 saturated carbocycles. The van der Waals surface area contributed by atoms with Crippen LogP contribution in [0, 0.1) is 0 Å². The summed E-state index contributed by atoms with van der Waals surface area (Å²) in [6.45, 7) is 0. The van der Waals surface area contributed by atoms with Gasteiger partial charge in [-0.25, -0.2) is 15.0 Å². The Morgan fingerprint density at radius 3 is 1.66 bits per heavy atom. The minimum absolute atomic E-state index is 0.642. The number of furan rings is 1. The number of para-hydroxylation sites is 4. The lowest BCUT2D eigenvalue weighted by atomic mass is 9.99. The van der Waals surface area contributed by atoms with E-state index in [4.69, 9.17) is 19.4 Å². The summed E-state index contributed by atoms with van der Waals surface area (Å²) in [6, 6.07) is 72.0. The fourth-order valence-corrected chi connectivity index (χ4v) is 9.32. The average Bonchev–Trinajstić information content (AvgIpc) is 3.92. The van der Waals surface area contributed by atoms with Crippen molar-refractivity contribution in [2.75, 3.05) is 0 Å². The third-order valence-corrected chi connectivity index (χ3v) is 12.5. The van der Waals surface area contributed by atoms with Gasteiger partial charge in [-0.1, -0.05) is 158 Å². The first-order chi connectivity index (χ1) is 31.7. The minimum Gasteiger partial charge on any atom is -0.455 e. The molecule has 13 aromatic rings. The van der Waals surface area contributed by atoms with Gasteiger partial charge < -0.3 is 8.98 Å². The van der Waals surface area contributed by atoms with E-state index >= 15 is 0 Å². The first-order valence-corrected chi connectivity index (χ1v) is 21.4. The Hall–Kier alpha value is -8.74. The average molecular weight is 818 g/mol. The Labute approximate surface area is 367 Å². The third-order valence-electron chi connectivity index (χ3n) is 12.5. The van der Waals surface area contributed by atoms with Crippen molar-refractivity contribution in [3.05, 3.63) is 212 Å².